The molecule has 0 spiro atoms. The normalized spacial score (nSPS) is 11.4. The van der Waals surface area contributed by atoms with Gasteiger partial charge in [0.2, 0.25) is 0 Å². The predicted octanol–water partition coefficient (Wildman–Crippen LogP) is 5.43. The molecule has 1 aromatic heterocycles. The van der Waals surface area contributed by atoms with Crippen molar-refractivity contribution in [2.75, 3.05) is 32.1 Å². The molecule has 1 heterocycles. The van der Waals surface area contributed by atoms with Crippen LogP contribution < -0.4 is 4.90 Å². The number of carbonyl (C=O) groups is 1. The highest BCUT2D eigenvalue weighted by atomic mass is 35.5. The Kier molecular flexibility index (Phi) is 6.06. The summed E-state index contributed by atoms with van der Waals surface area (Å²) in [6.45, 7) is 5.38. The Morgan fingerprint density at radius 3 is 2.44 bits per heavy atom. The topological polar surface area (TPSA) is 36.4 Å². The van der Waals surface area contributed by atoms with Crippen molar-refractivity contribution < 1.29 is 4.79 Å². The Bertz CT molecular complexity index is 961. The van der Waals surface area contributed by atoms with Crippen LogP contribution in [0.1, 0.15) is 21.5 Å². The van der Waals surface area contributed by atoms with E-state index in [1.807, 2.05) is 19.0 Å². The molecule has 142 valence electrons. The fraction of sp³-hybridized carbons (Fsp3) is 0.300. The quantitative estimate of drug-likeness (QED) is 0.550. The van der Waals surface area contributed by atoms with Gasteiger partial charge in [0.15, 0.2) is 5.13 Å². The Balaban J connectivity index is 2.03. The number of carbonyl (C=O) groups excluding carboxylic acids is 1. The molecule has 1 amide bonds. The Labute approximate surface area is 173 Å². The van der Waals surface area contributed by atoms with Gasteiger partial charge in [-0.1, -0.05) is 34.5 Å². The van der Waals surface area contributed by atoms with Crippen molar-refractivity contribution in [3.63, 3.8) is 0 Å². The summed E-state index contributed by atoms with van der Waals surface area (Å²) in [5.74, 6) is -0.175. The summed E-state index contributed by atoms with van der Waals surface area (Å²) in [5, 5.41) is 1.52. The zero-order valence-electron chi connectivity index (χ0n) is 15.7. The molecule has 0 aliphatic carbocycles. The Morgan fingerprint density at radius 1 is 1.07 bits per heavy atom. The molecule has 3 rings (SSSR count). The molecular formula is C20H21Cl2N3OS. The van der Waals surface area contributed by atoms with Gasteiger partial charge in [0.25, 0.3) is 5.91 Å². The van der Waals surface area contributed by atoms with Gasteiger partial charge in [-0.15, -0.1) is 0 Å². The minimum atomic E-state index is -0.175. The van der Waals surface area contributed by atoms with E-state index in [2.05, 4.69) is 26.0 Å². The van der Waals surface area contributed by atoms with E-state index in [0.29, 0.717) is 33.8 Å². The maximum atomic E-state index is 13.2. The maximum Gasteiger partial charge on any atom is 0.261 e. The molecule has 0 N–H and O–H groups in total. The fourth-order valence-corrected chi connectivity index (χ4v) is 4.23. The Morgan fingerprint density at radius 2 is 1.78 bits per heavy atom. The second kappa shape index (κ2) is 8.15. The average molecular weight is 422 g/mol. The van der Waals surface area contributed by atoms with E-state index >= 15 is 0 Å². The van der Waals surface area contributed by atoms with Crippen molar-refractivity contribution in [2.24, 2.45) is 0 Å². The van der Waals surface area contributed by atoms with Crippen LogP contribution in [0.4, 0.5) is 5.13 Å². The summed E-state index contributed by atoms with van der Waals surface area (Å²) >= 11 is 13.8. The molecule has 27 heavy (non-hydrogen) atoms. The summed E-state index contributed by atoms with van der Waals surface area (Å²) in [6, 6.07) is 9.11. The fourth-order valence-electron chi connectivity index (χ4n) is 2.68. The summed E-state index contributed by atoms with van der Waals surface area (Å²) in [6.07, 6.45) is 0. The van der Waals surface area contributed by atoms with Gasteiger partial charge in [-0.05, 0) is 69.4 Å². The van der Waals surface area contributed by atoms with Crippen LogP contribution >= 0.6 is 34.5 Å². The van der Waals surface area contributed by atoms with E-state index in [0.717, 1.165) is 10.2 Å². The first-order chi connectivity index (χ1) is 12.8. The molecule has 0 atom stereocenters. The molecule has 0 radical (unpaired) electrons. The van der Waals surface area contributed by atoms with E-state index < -0.39 is 0 Å². The molecule has 0 aliphatic rings. The lowest BCUT2D eigenvalue weighted by molar-refractivity contribution is 0.0985. The van der Waals surface area contributed by atoms with Gasteiger partial charge in [0.05, 0.1) is 20.8 Å². The number of amides is 1. The average Bonchev–Trinajstić information content (AvgIpc) is 2.97. The van der Waals surface area contributed by atoms with Crippen LogP contribution in [0.2, 0.25) is 10.0 Å². The highest BCUT2D eigenvalue weighted by Gasteiger charge is 2.23. The largest absolute Gasteiger partial charge is 0.308 e. The number of aryl methyl sites for hydroxylation is 2. The molecule has 0 unspecified atom stereocenters. The van der Waals surface area contributed by atoms with Crippen LogP contribution in [0.5, 0.6) is 0 Å². The van der Waals surface area contributed by atoms with Crippen LogP contribution in [-0.4, -0.2) is 43.0 Å². The second-order valence-corrected chi connectivity index (χ2v) is 8.64. The predicted molar refractivity (Wildman–Crippen MR) is 116 cm³/mol. The third-order valence-electron chi connectivity index (χ3n) is 4.40. The lowest BCUT2D eigenvalue weighted by Gasteiger charge is -2.22. The maximum absolute atomic E-state index is 13.2. The minimum Gasteiger partial charge on any atom is -0.308 e. The van der Waals surface area contributed by atoms with Crippen LogP contribution in [0.25, 0.3) is 10.2 Å². The SMILES string of the molecule is Cc1cc2nc(N(CCN(C)C)C(=O)c3ccc(Cl)cc3Cl)sc2cc1C. The number of fused-ring (bicyclic) bond motifs is 1. The summed E-state index contributed by atoms with van der Waals surface area (Å²) in [5.41, 5.74) is 3.73. The summed E-state index contributed by atoms with van der Waals surface area (Å²) in [4.78, 5) is 21.7. The number of benzene rings is 2. The van der Waals surface area contributed by atoms with Crippen molar-refractivity contribution >= 4 is 55.8 Å². The van der Waals surface area contributed by atoms with Crippen molar-refractivity contribution in [2.45, 2.75) is 13.8 Å². The van der Waals surface area contributed by atoms with Gasteiger partial charge < -0.3 is 4.90 Å². The molecule has 0 fully saturated rings. The zero-order valence-corrected chi connectivity index (χ0v) is 18.0. The molecule has 0 aliphatic heterocycles. The lowest BCUT2D eigenvalue weighted by atomic mass is 10.1. The minimum absolute atomic E-state index is 0.175. The van der Waals surface area contributed by atoms with E-state index in [9.17, 15) is 4.79 Å². The monoisotopic (exact) mass is 421 g/mol. The standard InChI is InChI=1S/C20H21Cl2N3OS/c1-12-9-17-18(10-13(12)2)27-20(23-17)25(8-7-24(3)4)19(26)15-6-5-14(21)11-16(15)22/h5-6,9-11H,7-8H2,1-4H3. The second-order valence-electron chi connectivity index (χ2n) is 6.78. The number of nitrogens with zero attached hydrogens (tertiary/aromatic N) is 3. The van der Waals surface area contributed by atoms with E-state index in [4.69, 9.17) is 28.2 Å². The number of anilines is 1. The van der Waals surface area contributed by atoms with Crippen molar-refractivity contribution in [3.05, 3.63) is 57.1 Å². The first-order valence-corrected chi connectivity index (χ1v) is 10.1. The number of hydrogen-bond donors (Lipinski definition) is 0. The molecule has 4 nitrogen and oxygen atoms in total. The third-order valence-corrected chi connectivity index (χ3v) is 5.99. The lowest BCUT2D eigenvalue weighted by Crippen LogP contribution is -2.36. The van der Waals surface area contributed by atoms with Gasteiger partial charge >= 0.3 is 0 Å². The van der Waals surface area contributed by atoms with Gasteiger partial charge in [0.1, 0.15) is 0 Å². The number of thiazole rings is 1. The summed E-state index contributed by atoms with van der Waals surface area (Å²) in [7, 11) is 3.95. The van der Waals surface area contributed by atoms with Crippen LogP contribution in [0, 0.1) is 13.8 Å². The number of hydrogen-bond acceptors (Lipinski definition) is 4. The molecule has 7 heteroatoms. The number of halogens is 2. The molecule has 0 bridgehead atoms. The molecule has 3 aromatic rings. The third kappa shape index (κ3) is 4.43. The van der Waals surface area contributed by atoms with Gasteiger partial charge in [0, 0.05) is 18.1 Å². The molecular weight excluding hydrogens is 401 g/mol. The Hall–Kier alpha value is -1.66. The van der Waals surface area contributed by atoms with Crippen LogP contribution in [0.15, 0.2) is 30.3 Å². The first kappa shape index (κ1) is 20.1. The molecule has 0 saturated carbocycles. The number of rotatable bonds is 5. The molecule has 0 saturated heterocycles. The van der Waals surface area contributed by atoms with Crippen molar-refractivity contribution in [3.8, 4) is 0 Å². The first-order valence-electron chi connectivity index (χ1n) is 8.55. The van der Waals surface area contributed by atoms with E-state index in [-0.39, 0.29) is 5.91 Å². The highest BCUT2D eigenvalue weighted by molar-refractivity contribution is 7.22. The number of aromatic nitrogens is 1. The van der Waals surface area contributed by atoms with Gasteiger partial charge in [-0.2, -0.15) is 0 Å². The zero-order chi connectivity index (χ0) is 19.7. The van der Waals surface area contributed by atoms with Crippen LogP contribution in [-0.2, 0) is 0 Å². The van der Waals surface area contributed by atoms with Crippen molar-refractivity contribution in [1.82, 2.24) is 9.88 Å². The van der Waals surface area contributed by atoms with E-state index in [1.54, 1.807) is 23.1 Å². The van der Waals surface area contributed by atoms with Crippen LogP contribution in [0.3, 0.4) is 0 Å². The summed E-state index contributed by atoms with van der Waals surface area (Å²) < 4.78 is 1.07. The van der Waals surface area contributed by atoms with Gasteiger partial charge in [-0.25, -0.2) is 4.98 Å². The molecule has 2 aromatic carbocycles. The van der Waals surface area contributed by atoms with Gasteiger partial charge in [-0.3, -0.25) is 9.69 Å². The highest BCUT2D eigenvalue weighted by Crippen LogP contribution is 2.32. The smallest absolute Gasteiger partial charge is 0.261 e. The number of likely N-dealkylation sites (N-methyl/N-ethyl adjacent to an activating group) is 1. The van der Waals surface area contributed by atoms with E-state index in [1.165, 1.54) is 22.5 Å². The van der Waals surface area contributed by atoms with Crippen molar-refractivity contribution in [1.29, 1.82) is 0 Å².